The van der Waals surface area contributed by atoms with Gasteiger partial charge in [0, 0.05) is 6.42 Å². The molecule has 0 aliphatic carbocycles. The second-order valence-corrected chi connectivity index (χ2v) is 2.38. The monoisotopic (exact) mass is 147 g/mol. The third kappa shape index (κ3) is 1.23. The molecule has 1 aliphatic rings. The third-order valence-electron chi connectivity index (χ3n) is 1.46. The van der Waals surface area contributed by atoms with Gasteiger partial charge in [-0.25, -0.2) is 13.8 Å². The molecule has 1 heterocycles. The summed E-state index contributed by atoms with van der Waals surface area (Å²) in [7, 11) is 0. The van der Waals surface area contributed by atoms with Crippen LogP contribution >= 0.6 is 0 Å². The normalized spacial score (nSPS) is 32.0. The summed E-state index contributed by atoms with van der Waals surface area (Å²) in [5.74, 6) is 2.31. The lowest BCUT2D eigenvalue weighted by Gasteiger charge is -2.08. The zero-order valence-corrected chi connectivity index (χ0v) is 5.22. The summed E-state index contributed by atoms with van der Waals surface area (Å²) in [5, 5.41) is 9.14. The minimum absolute atomic E-state index is 0.444. The fraction of sp³-hybridized carbons (Fsp3) is 0.800. The number of hydrazine groups is 1. The second-order valence-electron chi connectivity index (χ2n) is 2.38. The van der Waals surface area contributed by atoms with E-state index in [0.29, 0.717) is 0 Å². The Bertz CT molecular complexity index is 174. The molecule has 0 radical (unpaired) electrons. The topological polar surface area (TPSA) is 53.0 Å². The quantitative estimate of drug-likeness (QED) is 0.494. The van der Waals surface area contributed by atoms with Crippen molar-refractivity contribution in [3.05, 3.63) is 0 Å². The van der Waals surface area contributed by atoms with Crippen LogP contribution in [0.3, 0.4) is 0 Å². The molecule has 0 aromatic carbocycles. The summed E-state index contributed by atoms with van der Waals surface area (Å²) in [6.45, 7) is -0.509. The van der Waals surface area contributed by atoms with Gasteiger partial charge in [0.25, 0.3) is 5.92 Å². The molecule has 0 amide bonds. The Morgan fingerprint density at radius 2 is 2.30 bits per heavy atom. The van der Waals surface area contributed by atoms with Gasteiger partial charge in [-0.1, -0.05) is 0 Å². The van der Waals surface area contributed by atoms with E-state index in [2.05, 4.69) is 0 Å². The molecule has 0 bridgehead atoms. The maximum Gasteiger partial charge on any atom is 0.264 e. The highest BCUT2D eigenvalue weighted by Gasteiger charge is 2.43. The molecular weight excluding hydrogens is 140 g/mol. The highest BCUT2D eigenvalue weighted by molar-refractivity contribution is 5.00. The molecule has 1 fully saturated rings. The van der Waals surface area contributed by atoms with Gasteiger partial charge in [-0.3, -0.25) is 5.84 Å². The van der Waals surface area contributed by atoms with Gasteiger partial charge >= 0.3 is 0 Å². The minimum atomic E-state index is -2.78. The van der Waals surface area contributed by atoms with Crippen molar-refractivity contribution in [3.8, 4) is 6.07 Å². The predicted molar refractivity (Wildman–Crippen MR) is 29.9 cm³/mol. The van der Waals surface area contributed by atoms with Gasteiger partial charge in [-0.2, -0.15) is 5.26 Å². The van der Waals surface area contributed by atoms with Gasteiger partial charge in [0.2, 0.25) is 0 Å². The molecule has 1 aliphatic heterocycles. The SMILES string of the molecule is N#C[C@@H]1CC(F)(F)CN1N. The maximum atomic E-state index is 12.4. The average Bonchev–Trinajstić information content (AvgIpc) is 2.05. The van der Waals surface area contributed by atoms with Crippen LogP contribution in [-0.2, 0) is 0 Å². The standard InChI is InChI=1S/C5H7F2N3/c6-5(7)1-4(2-8)10(9)3-5/h4H,1,3,9H2/t4-/m0/s1. The molecule has 0 aromatic rings. The van der Waals surface area contributed by atoms with E-state index in [1.54, 1.807) is 6.07 Å². The second kappa shape index (κ2) is 2.15. The van der Waals surface area contributed by atoms with E-state index < -0.39 is 24.9 Å². The number of nitriles is 1. The largest absolute Gasteiger partial charge is 0.267 e. The van der Waals surface area contributed by atoms with Crippen molar-refractivity contribution in [2.75, 3.05) is 6.54 Å². The summed E-state index contributed by atoms with van der Waals surface area (Å²) in [4.78, 5) is 0. The highest BCUT2D eigenvalue weighted by Crippen LogP contribution is 2.29. The smallest absolute Gasteiger partial charge is 0.264 e. The molecule has 2 N–H and O–H groups in total. The van der Waals surface area contributed by atoms with Gasteiger partial charge in [-0.05, 0) is 0 Å². The fourth-order valence-corrected chi connectivity index (χ4v) is 0.962. The summed E-state index contributed by atoms with van der Waals surface area (Å²) in [6, 6.07) is 0.866. The Labute approximate surface area is 57.0 Å². The van der Waals surface area contributed by atoms with Crippen LogP contribution in [0, 0.1) is 11.3 Å². The average molecular weight is 147 g/mol. The molecule has 56 valence electrons. The van der Waals surface area contributed by atoms with E-state index >= 15 is 0 Å². The molecule has 0 aromatic heterocycles. The van der Waals surface area contributed by atoms with Crippen LogP contribution < -0.4 is 5.84 Å². The van der Waals surface area contributed by atoms with Gasteiger partial charge in [0.05, 0.1) is 12.6 Å². The number of alkyl halides is 2. The first-order valence-corrected chi connectivity index (χ1v) is 2.84. The Kier molecular flexibility index (Phi) is 1.58. The number of rotatable bonds is 0. The number of halogens is 2. The van der Waals surface area contributed by atoms with Crippen LogP contribution in [0.25, 0.3) is 0 Å². The molecule has 5 heteroatoms. The highest BCUT2D eigenvalue weighted by atomic mass is 19.3. The van der Waals surface area contributed by atoms with Crippen LogP contribution in [0.15, 0.2) is 0 Å². The predicted octanol–water partition coefficient (Wildman–Crippen LogP) is 0.0933. The molecule has 0 saturated carbocycles. The van der Waals surface area contributed by atoms with Crippen molar-refractivity contribution in [2.24, 2.45) is 5.84 Å². The van der Waals surface area contributed by atoms with Crippen LogP contribution in [0.5, 0.6) is 0 Å². The van der Waals surface area contributed by atoms with E-state index in [4.69, 9.17) is 11.1 Å². The first-order chi connectivity index (χ1) is 4.55. The van der Waals surface area contributed by atoms with E-state index in [1.165, 1.54) is 0 Å². The zero-order valence-electron chi connectivity index (χ0n) is 5.22. The number of hydrogen-bond donors (Lipinski definition) is 1. The summed E-state index contributed by atoms with van der Waals surface area (Å²) in [5.41, 5.74) is 0. The van der Waals surface area contributed by atoms with E-state index in [0.717, 1.165) is 5.01 Å². The lowest BCUT2D eigenvalue weighted by atomic mass is 10.2. The molecule has 10 heavy (non-hydrogen) atoms. The van der Waals surface area contributed by atoms with Gasteiger partial charge in [0.15, 0.2) is 0 Å². The van der Waals surface area contributed by atoms with Crippen LogP contribution in [0.2, 0.25) is 0 Å². The third-order valence-corrected chi connectivity index (χ3v) is 1.46. The van der Waals surface area contributed by atoms with Crippen molar-refractivity contribution in [1.82, 2.24) is 5.01 Å². The van der Waals surface area contributed by atoms with Crippen molar-refractivity contribution in [2.45, 2.75) is 18.4 Å². The van der Waals surface area contributed by atoms with Crippen molar-refractivity contribution in [1.29, 1.82) is 5.26 Å². The number of nitrogens with zero attached hydrogens (tertiary/aromatic N) is 2. The van der Waals surface area contributed by atoms with Crippen LogP contribution in [0.1, 0.15) is 6.42 Å². The number of hydrogen-bond acceptors (Lipinski definition) is 3. The molecule has 0 spiro atoms. The van der Waals surface area contributed by atoms with Gasteiger partial charge < -0.3 is 0 Å². The lowest BCUT2D eigenvalue weighted by molar-refractivity contribution is 0.0121. The van der Waals surface area contributed by atoms with Crippen molar-refractivity contribution >= 4 is 0 Å². The zero-order chi connectivity index (χ0) is 7.78. The first-order valence-electron chi connectivity index (χ1n) is 2.84. The Balaban J connectivity index is 2.63. The number of nitrogens with two attached hydrogens (primary N) is 1. The fourth-order valence-electron chi connectivity index (χ4n) is 0.962. The van der Waals surface area contributed by atoms with Crippen molar-refractivity contribution in [3.63, 3.8) is 0 Å². The minimum Gasteiger partial charge on any atom is -0.267 e. The van der Waals surface area contributed by atoms with Crippen LogP contribution in [0.4, 0.5) is 8.78 Å². The Morgan fingerprint density at radius 3 is 2.50 bits per heavy atom. The van der Waals surface area contributed by atoms with Crippen molar-refractivity contribution < 1.29 is 8.78 Å². The van der Waals surface area contributed by atoms with E-state index in [1.807, 2.05) is 0 Å². The summed E-state index contributed by atoms with van der Waals surface area (Å²) < 4.78 is 24.7. The molecule has 3 nitrogen and oxygen atoms in total. The molecule has 1 rings (SSSR count). The maximum absolute atomic E-state index is 12.4. The Hall–Kier alpha value is -0.730. The summed E-state index contributed by atoms with van der Waals surface area (Å²) in [6.07, 6.45) is -0.444. The lowest BCUT2D eigenvalue weighted by Crippen LogP contribution is -2.35. The van der Waals surface area contributed by atoms with Gasteiger partial charge in [0.1, 0.15) is 6.04 Å². The molecular formula is C5H7F2N3. The van der Waals surface area contributed by atoms with E-state index in [-0.39, 0.29) is 0 Å². The molecule has 1 saturated heterocycles. The van der Waals surface area contributed by atoms with Crippen LogP contribution in [-0.4, -0.2) is 23.5 Å². The van der Waals surface area contributed by atoms with E-state index in [9.17, 15) is 8.78 Å². The molecule has 0 unspecified atom stereocenters. The Morgan fingerprint density at radius 1 is 1.70 bits per heavy atom. The molecule has 1 atom stereocenters. The first kappa shape index (κ1) is 7.38. The van der Waals surface area contributed by atoms with Gasteiger partial charge in [-0.15, -0.1) is 0 Å². The summed E-state index contributed by atoms with van der Waals surface area (Å²) >= 11 is 0.